The van der Waals surface area contributed by atoms with Crippen molar-refractivity contribution in [1.82, 2.24) is 9.55 Å². The summed E-state index contributed by atoms with van der Waals surface area (Å²) in [5.74, 6) is 0.637. The normalized spacial score (nSPS) is 16.1. The summed E-state index contributed by atoms with van der Waals surface area (Å²) in [6.07, 6.45) is 5.72. The fourth-order valence-corrected chi connectivity index (χ4v) is 4.74. The minimum Gasteiger partial charge on any atom is -0.467 e. The molecular formula is C23H22N4O2S. The van der Waals surface area contributed by atoms with Gasteiger partial charge < -0.3 is 13.9 Å². The Hall–Kier alpha value is -3.32. The van der Waals surface area contributed by atoms with Crippen LogP contribution >= 0.6 is 11.3 Å². The number of carbonyl (C=O) groups excluding carboxylic acids is 1. The number of thiazole rings is 1. The molecule has 4 heterocycles. The number of hydrogen-bond acceptors (Lipinski definition) is 5. The number of para-hydroxylation sites is 1. The molecule has 0 radical (unpaired) electrons. The van der Waals surface area contributed by atoms with Gasteiger partial charge in [0.2, 0.25) is 0 Å². The van der Waals surface area contributed by atoms with Crippen LogP contribution in [0.3, 0.4) is 0 Å². The first-order valence-electron chi connectivity index (χ1n) is 10.0. The topological polar surface area (TPSA) is 63.3 Å². The van der Waals surface area contributed by atoms with Gasteiger partial charge >= 0.3 is 0 Å². The van der Waals surface area contributed by atoms with E-state index in [0.29, 0.717) is 17.4 Å². The summed E-state index contributed by atoms with van der Waals surface area (Å²) in [5, 5.41) is 5.65. The van der Waals surface area contributed by atoms with Gasteiger partial charge in [0.05, 0.1) is 24.5 Å². The third-order valence-corrected chi connectivity index (χ3v) is 6.17. The Labute approximate surface area is 178 Å². The molecule has 1 aliphatic rings. The van der Waals surface area contributed by atoms with Crippen molar-refractivity contribution in [2.75, 3.05) is 16.8 Å². The molecule has 30 heavy (non-hydrogen) atoms. The Morgan fingerprint density at radius 1 is 1.17 bits per heavy atom. The number of nitrogens with one attached hydrogen (secondary N) is 1. The molecule has 1 aliphatic heterocycles. The lowest BCUT2D eigenvalue weighted by Gasteiger charge is -2.25. The number of furan rings is 1. The highest BCUT2D eigenvalue weighted by Crippen LogP contribution is 2.37. The molecule has 1 N–H and O–H groups in total. The summed E-state index contributed by atoms with van der Waals surface area (Å²) in [6.45, 7) is 1.54. The van der Waals surface area contributed by atoms with E-state index in [4.69, 9.17) is 9.40 Å². The molecule has 1 saturated heterocycles. The van der Waals surface area contributed by atoms with E-state index in [2.05, 4.69) is 39.9 Å². The van der Waals surface area contributed by atoms with Crippen LogP contribution in [0, 0.1) is 0 Å². The highest BCUT2D eigenvalue weighted by Gasteiger charge is 2.28. The van der Waals surface area contributed by atoms with Crippen molar-refractivity contribution >= 4 is 28.1 Å². The standard InChI is InChI=1S/C23H22N4O2S/c28-22(21-11-4-12-26(21)15-18-9-6-14-29-18)25-23-24-19(16-30-23)20-10-5-13-27(20)17-7-2-1-3-8-17/h1-4,6-9,11-12,14,16,20H,5,10,13,15H2,(H,24,25,28)/t20-/m1/s1. The average molecular weight is 419 g/mol. The molecule has 0 aliphatic carbocycles. The molecule has 0 bridgehead atoms. The van der Waals surface area contributed by atoms with Crippen LogP contribution in [0.5, 0.6) is 0 Å². The number of amides is 1. The van der Waals surface area contributed by atoms with Crippen molar-refractivity contribution in [2.24, 2.45) is 0 Å². The van der Waals surface area contributed by atoms with Crippen molar-refractivity contribution in [3.05, 3.63) is 89.6 Å². The van der Waals surface area contributed by atoms with Crippen LogP contribution in [0.15, 0.2) is 76.9 Å². The zero-order valence-corrected chi connectivity index (χ0v) is 17.2. The maximum absolute atomic E-state index is 12.8. The van der Waals surface area contributed by atoms with Crippen molar-refractivity contribution in [3.63, 3.8) is 0 Å². The molecule has 6 nitrogen and oxygen atoms in total. The quantitative estimate of drug-likeness (QED) is 0.469. The first-order chi connectivity index (χ1) is 14.8. The first kappa shape index (κ1) is 18.7. The fourth-order valence-electron chi connectivity index (χ4n) is 3.99. The maximum atomic E-state index is 12.8. The van der Waals surface area contributed by atoms with Crippen molar-refractivity contribution < 1.29 is 9.21 Å². The summed E-state index contributed by atoms with van der Waals surface area (Å²) in [6, 6.07) is 18.1. The molecule has 152 valence electrons. The average Bonchev–Trinajstić information content (AvgIpc) is 3.56. The molecule has 5 rings (SSSR count). The summed E-state index contributed by atoms with van der Waals surface area (Å²) >= 11 is 1.47. The van der Waals surface area contributed by atoms with E-state index in [1.54, 1.807) is 12.3 Å². The predicted octanol–water partition coefficient (Wildman–Crippen LogP) is 5.18. The minimum atomic E-state index is -0.168. The Morgan fingerprint density at radius 3 is 2.90 bits per heavy atom. The van der Waals surface area contributed by atoms with Gasteiger partial charge in [0.1, 0.15) is 11.5 Å². The highest BCUT2D eigenvalue weighted by molar-refractivity contribution is 7.14. The Kier molecular flexibility index (Phi) is 5.11. The molecule has 1 fully saturated rings. The first-order valence-corrected chi connectivity index (χ1v) is 10.9. The number of carbonyl (C=O) groups is 1. The molecule has 0 spiro atoms. The zero-order chi connectivity index (χ0) is 20.3. The lowest BCUT2D eigenvalue weighted by Crippen LogP contribution is -2.22. The van der Waals surface area contributed by atoms with Gasteiger partial charge in [-0.2, -0.15) is 0 Å². The van der Waals surface area contributed by atoms with Crippen LogP contribution < -0.4 is 10.2 Å². The lowest BCUT2D eigenvalue weighted by molar-refractivity contribution is 0.101. The molecular weight excluding hydrogens is 396 g/mol. The van der Waals surface area contributed by atoms with Gasteiger partial charge in [-0.3, -0.25) is 10.1 Å². The number of anilines is 2. The van der Waals surface area contributed by atoms with E-state index in [9.17, 15) is 4.79 Å². The van der Waals surface area contributed by atoms with Gasteiger partial charge in [-0.1, -0.05) is 18.2 Å². The number of nitrogens with zero attached hydrogens (tertiary/aromatic N) is 3. The predicted molar refractivity (Wildman–Crippen MR) is 118 cm³/mol. The van der Waals surface area contributed by atoms with Crippen LogP contribution in [0.25, 0.3) is 0 Å². The lowest BCUT2D eigenvalue weighted by atomic mass is 10.1. The molecule has 1 aromatic carbocycles. The molecule has 0 unspecified atom stereocenters. The van der Waals surface area contributed by atoms with Crippen LogP contribution in [0.1, 0.15) is 40.8 Å². The molecule has 1 amide bonds. The van der Waals surface area contributed by atoms with Crippen LogP contribution in [0.4, 0.5) is 10.8 Å². The van der Waals surface area contributed by atoms with Crippen LogP contribution in [-0.2, 0) is 6.54 Å². The van der Waals surface area contributed by atoms with Gasteiger partial charge in [0.15, 0.2) is 5.13 Å². The van der Waals surface area contributed by atoms with Crippen molar-refractivity contribution in [1.29, 1.82) is 0 Å². The summed E-state index contributed by atoms with van der Waals surface area (Å²) < 4.78 is 7.27. The van der Waals surface area contributed by atoms with E-state index in [1.165, 1.54) is 17.0 Å². The van der Waals surface area contributed by atoms with Crippen molar-refractivity contribution in [3.8, 4) is 0 Å². The van der Waals surface area contributed by atoms with Crippen LogP contribution in [-0.4, -0.2) is 22.0 Å². The third-order valence-electron chi connectivity index (χ3n) is 5.39. The summed E-state index contributed by atoms with van der Waals surface area (Å²) in [4.78, 5) is 20.0. The smallest absolute Gasteiger partial charge is 0.274 e. The molecule has 7 heteroatoms. The molecule has 4 aromatic rings. The number of aromatic nitrogens is 2. The Bertz CT molecular complexity index is 1120. The zero-order valence-electron chi connectivity index (χ0n) is 16.4. The Balaban J connectivity index is 1.30. The van der Waals surface area contributed by atoms with Gasteiger partial charge in [0.25, 0.3) is 5.91 Å². The van der Waals surface area contributed by atoms with Gasteiger partial charge in [-0.05, 0) is 49.2 Å². The van der Waals surface area contributed by atoms with E-state index in [-0.39, 0.29) is 11.9 Å². The number of benzene rings is 1. The van der Waals surface area contributed by atoms with Gasteiger partial charge in [-0.15, -0.1) is 11.3 Å². The SMILES string of the molecule is O=C(Nc1nc([C@H]2CCCN2c2ccccc2)cs1)c1cccn1Cc1ccco1. The minimum absolute atomic E-state index is 0.168. The molecule has 0 saturated carbocycles. The monoisotopic (exact) mass is 418 g/mol. The highest BCUT2D eigenvalue weighted by atomic mass is 32.1. The maximum Gasteiger partial charge on any atom is 0.274 e. The fraction of sp³-hybridized carbons (Fsp3) is 0.217. The number of rotatable bonds is 6. The summed E-state index contributed by atoms with van der Waals surface area (Å²) in [5.41, 5.74) is 2.81. The van der Waals surface area contributed by atoms with Gasteiger partial charge in [-0.25, -0.2) is 4.98 Å². The molecule has 3 aromatic heterocycles. The van der Waals surface area contributed by atoms with Crippen LogP contribution in [0.2, 0.25) is 0 Å². The number of hydrogen-bond donors (Lipinski definition) is 1. The van der Waals surface area contributed by atoms with E-state index in [1.807, 2.05) is 35.0 Å². The second kappa shape index (κ2) is 8.20. The summed E-state index contributed by atoms with van der Waals surface area (Å²) in [7, 11) is 0. The molecule has 1 atom stereocenters. The second-order valence-electron chi connectivity index (χ2n) is 7.32. The largest absolute Gasteiger partial charge is 0.467 e. The van der Waals surface area contributed by atoms with E-state index < -0.39 is 0 Å². The Morgan fingerprint density at radius 2 is 2.07 bits per heavy atom. The second-order valence-corrected chi connectivity index (χ2v) is 8.18. The van der Waals surface area contributed by atoms with E-state index >= 15 is 0 Å². The third kappa shape index (κ3) is 3.76. The van der Waals surface area contributed by atoms with E-state index in [0.717, 1.165) is 30.8 Å². The van der Waals surface area contributed by atoms with Crippen molar-refractivity contribution in [2.45, 2.75) is 25.4 Å². The van der Waals surface area contributed by atoms with Gasteiger partial charge in [0, 0.05) is 23.8 Å².